The van der Waals surface area contributed by atoms with Crippen molar-refractivity contribution in [3.05, 3.63) is 35.0 Å². The summed E-state index contributed by atoms with van der Waals surface area (Å²) in [7, 11) is 0. The van der Waals surface area contributed by atoms with Gasteiger partial charge in [-0.2, -0.15) is 0 Å². The fraction of sp³-hybridized carbons (Fsp3) is 0.467. The first-order valence-electron chi connectivity index (χ1n) is 6.60. The van der Waals surface area contributed by atoms with Crippen LogP contribution in [0.1, 0.15) is 37.5 Å². The van der Waals surface area contributed by atoms with Gasteiger partial charge in [0.2, 0.25) is 0 Å². The zero-order chi connectivity index (χ0) is 13.7. The molecule has 1 heterocycles. The first kappa shape index (κ1) is 14.4. The minimum absolute atomic E-state index is 0.858. The Morgan fingerprint density at radius 2 is 1.61 bits per heavy atom. The molecule has 0 unspecified atom stereocenters. The van der Waals surface area contributed by atoms with Gasteiger partial charge in [0.1, 0.15) is 5.69 Å². The minimum Gasteiger partial charge on any atom is -0.252 e. The number of benzene rings is 1. The summed E-state index contributed by atoms with van der Waals surface area (Å²) in [5, 5.41) is 8.27. The van der Waals surface area contributed by atoms with Crippen LogP contribution in [0.4, 0.5) is 0 Å². The van der Waals surface area contributed by atoms with Gasteiger partial charge in [0.15, 0.2) is 0 Å². The molecule has 98 valence electrons. The van der Waals surface area contributed by atoms with E-state index in [0.29, 0.717) is 0 Å². The van der Waals surface area contributed by atoms with Gasteiger partial charge in [0.25, 0.3) is 0 Å². The average Bonchev–Trinajstić information content (AvgIpc) is 2.85. The van der Waals surface area contributed by atoms with Crippen molar-refractivity contribution < 1.29 is 0 Å². The lowest BCUT2D eigenvalue weighted by Gasteiger charge is -2.06. The van der Waals surface area contributed by atoms with Crippen molar-refractivity contribution in [2.45, 2.75) is 48.1 Å². The standard InChI is InChI=1S/C13H17N3.C2H6/c1-5-16-8-13(14-15-16)12-7-10(3)9(2)6-11(12)4;1-2/h6-8H,5H2,1-4H3;1-2H3. The Labute approximate surface area is 110 Å². The Balaban J connectivity index is 0.000000771. The number of aromatic nitrogens is 3. The van der Waals surface area contributed by atoms with Crippen LogP contribution in [0.3, 0.4) is 0 Å². The van der Waals surface area contributed by atoms with Crippen LogP contribution in [-0.4, -0.2) is 15.0 Å². The maximum atomic E-state index is 4.20. The molecular formula is C15H23N3. The molecule has 0 N–H and O–H groups in total. The van der Waals surface area contributed by atoms with Gasteiger partial charge in [0.05, 0.1) is 6.20 Å². The molecule has 0 saturated carbocycles. The number of hydrogen-bond donors (Lipinski definition) is 0. The molecule has 2 rings (SSSR count). The molecule has 1 aromatic carbocycles. The smallest absolute Gasteiger partial charge is 0.113 e. The molecule has 3 heteroatoms. The van der Waals surface area contributed by atoms with E-state index < -0.39 is 0 Å². The largest absolute Gasteiger partial charge is 0.252 e. The van der Waals surface area contributed by atoms with Crippen LogP contribution < -0.4 is 0 Å². The summed E-state index contributed by atoms with van der Waals surface area (Å²) in [5.41, 5.74) is 6.02. The van der Waals surface area contributed by atoms with Crippen molar-refractivity contribution in [2.75, 3.05) is 0 Å². The Hall–Kier alpha value is -1.64. The second-order valence-corrected chi connectivity index (χ2v) is 4.21. The first-order chi connectivity index (χ1) is 8.61. The third kappa shape index (κ3) is 2.97. The normalized spacial score (nSPS) is 9.89. The van der Waals surface area contributed by atoms with E-state index in [2.05, 4.69) is 50.1 Å². The van der Waals surface area contributed by atoms with E-state index in [1.807, 2.05) is 24.7 Å². The molecule has 0 atom stereocenters. The summed E-state index contributed by atoms with van der Waals surface area (Å²) in [6.07, 6.45) is 2.00. The van der Waals surface area contributed by atoms with Crippen molar-refractivity contribution in [1.29, 1.82) is 0 Å². The maximum absolute atomic E-state index is 4.20. The fourth-order valence-electron chi connectivity index (χ4n) is 1.81. The topological polar surface area (TPSA) is 30.7 Å². The van der Waals surface area contributed by atoms with Crippen molar-refractivity contribution in [3.63, 3.8) is 0 Å². The molecule has 0 aliphatic rings. The number of rotatable bonds is 2. The molecule has 0 bridgehead atoms. The summed E-state index contributed by atoms with van der Waals surface area (Å²) in [6, 6.07) is 4.39. The fourth-order valence-corrected chi connectivity index (χ4v) is 1.81. The zero-order valence-corrected chi connectivity index (χ0v) is 12.3. The molecule has 3 nitrogen and oxygen atoms in total. The SMILES string of the molecule is CC.CCn1cc(-c2cc(C)c(C)cc2C)nn1. The second-order valence-electron chi connectivity index (χ2n) is 4.21. The molecule has 0 aliphatic carbocycles. The second kappa shape index (κ2) is 6.34. The number of aryl methyl sites for hydroxylation is 4. The van der Waals surface area contributed by atoms with Gasteiger partial charge in [0, 0.05) is 12.1 Å². The summed E-state index contributed by atoms with van der Waals surface area (Å²) < 4.78 is 1.85. The van der Waals surface area contributed by atoms with Gasteiger partial charge in [-0.3, -0.25) is 4.68 Å². The van der Waals surface area contributed by atoms with Gasteiger partial charge >= 0.3 is 0 Å². The van der Waals surface area contributed by atoms with Gasteiger partial charge in [-0.05, 0) is 50.5 Å². The summed E-state index contributed by atoms with van der Waals surface area (Å²) >= 11 is 0. The van der Waals surface area contributed by atoms with E-state index in [9.17, 15) is 0 Å². The van der Waals surface area contributed by atoms with E-state index >= 15 is 0 Å². The molecular weight excluding hydrogens is 222 g/mol. The highest BCUT2D eigenvalue weighted by molar-refractivity contribution is 5.64. The van der Waals surface area contributed by atoms with Gasteiger partial charge in [-0.1, -0.05) is 25.1 Å². The van der Waals surface area contributed by atoms with E-state index in [-0.39, 0.29) is 0 Å². The van der Waals surface area contributed by atoms with Crippen LogP contribution in [0.25, 0.3) is 11.3 Å². The van der Waals surface area contributed by atoms with Gasteiger partial charge < -0.3 is 0 Å². The molecule has 0 fully saturated rings. The highest BCUT2D eigenvalue weighted by Crippen LogP contribution is 2.24. The predicted molar refractivity (Wildman–Crippen MR) is 76.7 cm³/mol. The van der Waals surface area contributed by atoms with Crippen LogP contribution in [0, 0.1) is 20.8 Å². The van der Waals surface area contributed by atoms with Crippen LogP contribution in [0.15, 0.2) is 18.3 Å². The zero-order valence-electron chi connectivity index (χ0n) is 12.3. The molecule has 0 radical (unpaired) electrons. The first-order valence-corrected chi connectivity index (χ1v) is 6.60. The average molecular weight is 245 g/mol. The highest BCUT2D eigenvalue weighted by Gasteiger charge is 2.08. The van der Waals surface area contributed by atoms with Crippen molar-refractivity contribution in [3.8, 4) is 11.3 Å². The Morgan fingerprint density at radius 3 is 2.17 bits per heavy atom. The molecule has 0 saturated heterocycles. The third-order valence-electron chi connectivity index (χ3n) is 2.98. The van der Waals surface area contributed by atoms with Crippen LogP contribution >= 0.6 is 0 Å². The Bertz CT molecular complexity index is 512. The van der Waals surface area contributed by atoms with Crippen molar-refractivity contribution in [1.82, 2.24) is 15.0 Å². The quantitative estimate of drug-likeness (QED) is 0.803. The van der Waals surface area contributed by atoms with Gasteiger partial charge in [-0.15, -0.1) is 5.10 Å². The van der Waals surface area contributed by atoms with Crippen LogP contribution in [0.2, 0.25) is 0 Å². The summed E-state index contributed by atoms with van der Waals surface area (Å²) in [4.78, 5) is 0. The Morgan fingerprint density at radius 1 is 1.00 bits per heavy atom. The van der Waals surface area contributed by atoms with Crippen molar-refractivity contribution >= 4 is 0 Å². The number of hydrogen-bond acceptors (Lipinski definition) is 2. The molecule has 18 heavy (non-hydrogen) atoms. The van der Waals surface area contributed by atoms with E-state index in [0.717, 1.165) is 12.2 Å². The van der Waals surface area contributed by atoms with E-state index in [1.165, 1.54) is 22.3 Å². The van der Waals surface area contributed by atoms with Crippen LogP contribution in [0.5, 0.6) is 0 Å². The summed E-state index contributed by atoms with van der Waals surface area (Å²) in [5.74, 6) is 0. The van der Waals surface area contributed by atoms with Crippen molar-refractivity contribution in [2.24, 2.45) is 0 Å². The van der Waals surface area contributed by atoms with Gasteiger partial charge in [-0.25, -0.2) is 0 Å². The summed E-state index contributed by atoms with van der Waals surface area (Å²) in [6.45, 7) is 13.3. The molecule has 0 spiro atoms. The molecule has 0 amide bonds. The third-order valence-corrected chi connectivity index (χ3v) is 2.98. The molecule has 0 aliphatic heterocycles. The highest BCUT2D eigenvalue weighted by atomic mass is 15.4. The lowest BCUT2D eigenvalue weighted by atomic mass is 9.99. The lowest BCUT2D eigenvalue weighted by molar-refractivity contribution is 0.627. The molecule has 2 aromatic rings. The lowest BCUT2D eigenvalue weighted by Crippen LogP contribution is -1.93. The molecule has 1 aromatic heterocycles. The monoisotopic (exact) mass is 245 g/mol. The predicted octanol–water partition coefficient (Wildman–Crippen LogP) is 3.92. The number of nitrogens with zero attached hydrogens (tertiary/aromatic N) is 3. The van der Waals surface area contributed by atoms with E-state index in [4.69, 9.17) is 0 Å². The Kier molecular flexibility index (Phi) is 5.08. The van der Waals surface area contributed by atoms with Crippen LogP contribution in [-0.2, 0) is 6.54 Å². The van der Waals surface area contributed by atoms with E-state index in [1.54, 1.807) is 0 Å². The minimum atomic E-state index is 0.858. The maximum Gasteiger partial charge on any atom is 0.113 e.